The molecule has 3 heterocycles. The fourth-order valence-electron chi connectivity index (χ4n) is 2.85. The molecule has 0 saturated carbocycles. The SMILES string of the molecule is CCc1cc(Cl)nc(-c2nn(Cc3ccccc3F)c3ncc(F)cc23)n1. The van der Waals surface area contributed by atoms with Gasteiger partial charge in [-0.1, -0.05) is 36.7 Å². The monoisotopic (exact) mass is 385 g/mol. The van der Waals surface area contributed by atoms with Crippen LogP contribution in [0, 0.1) is 11.6 Å². The summed E-state index contributed by atoms with van der Waals surface area (Å²) in [7, 11) is 0. The first-order chi connectivity index (χ1) is 13.0. The molecule has 0 atom stereocenters. The van der Waals surface area contributed by atoms with Crippen LogP contribution >= 0.6 is 11.6 Å². The molecule has 136 valence electrons. The number of pyridine rings is 1. The first kappa shape index (κ1) is 17.5. The molecule has 0 bridgehead atoms. The van der Waals surface area contributed by atoms with Crippen LogP contribution in [-0.2, 0) is 13.0 Å². The highest BCUT2D eigenvalue weighted by Crippen LogP contribution is 2.27. The van der Waals surface area contributed by atoms with E-state index >= 15 is 0 Å². The maximum atomic E-state index is 14.1. The zero-order chi connectivity index (χ0) is 19.0. The third kappa shape index (κ3) is 3.38. The van der Waals surface area contributed by atoms with Crippen LogP contribution in [0.15, 0.2) is 42.6 Å². The second-order valence-electron chi connectivity index (χ2n) is 5.98. The predicted octanol–water partition coefficient (Wildman–Crippen LogP) is 4.43. The van der Waals surface area contributed by atoms with E-state index in [0.29, 0.717) is 28.7 Å². The van der Waals surface area contributed by atoms with Gasteiger partial charge >= 0.3 is 0 Å². The van der Waals surface area contributed by atoms with Gasteiger partial charge in [0.05, 0.1) is 18.1 Å². The fourth-order valence-corrected chi connectivity index (χ4v) is 3.05. The van der Waals surface area contributed by atoms with Crippen molar-refractivity contribution in [2.75, 3.05) is 0 Å². The maximum absolute atomic E-state index is 14.1. The van der Waals surface area contributed by atoms with Crippen molar-refractivity contribution >= 4 is 22.6 Å². The first-order valence-corrected chi connectivity index (χ1v) is 8.72. The Kier molecular flexibility index (Phi) is 4.53. The van der Waals surface area contributed by atoms with Gasteiger partial charge < -0.3 is 0 Å². The molecule has 0 saturated heterocycles. The van der Waals surface area contributed by atoms with Crippen molar-refractivity contribution in [2.24, 2.45) is 0 Å². The summed E-state index contributed by atoms with van der Waals surface area (Å²) < 4.78 is 29.4. The number of fused-ring (bicyclic) bond motifs is 1. The van der Waals surface area contributed by atoms with Gasteiger partial charge in [-0.05, 0) is 24.6 Å². The number of hydrogen-bond acceptors (Lipinski definition) is 4. The van der Waals surface area contributed by atoms with E-state index in [4.69, 9.17) is 11.6 Å². The van der Waals surface area contributed by atoms with Gasteiger partial charge in [-0.3, -0.25) is 0 Å². The highest BCUT2D eigenvalue weighted by atomic mass is 35.5. The second kappa shape index (κ2) is 7.00. The molecule has 5 nitrogen and oxygen atoms in total. The normalized spacial score (nSPS) is 11.3. The smallest absolute Gasteiger partial charge is 0.182 e. The standard InChI is InChI=1S/C19H14ClF2N5/c1-2-13-8-16(20)25-18(24-13)17-14-7-12(21)9-23-19(14)27(26-17)10-11-5-3-4-6-15(11)22/h3-9H,2,10H2,1H3. The average Bonchev–Trinajstić information content (AvgIpc) is 3.00. The Morgan fingerprint density at radius 2 is 1.93 bits per heavy atom. The Morgan fingerprint density at radius 1 is 1.11 bits per heavy atom. The minimum absolute atomic E-state index is 0.142. The van der Waals surface area contributed by atoms with Crippen molar-refractivity contribution in [3.8, 4) is 11.5 Å². The van der Waals surface area contributed by atoms with Crippen LogP contribution in [0.3, 0.4) is 0 Å². The van der Waals surface area contributed by atoms with Gasteiger partial charge in [0.1, 0.15) is 22.5 Å². The maximum Gasteiger partial charge on any atom is 0.182 e. The lowest BCUT2D eigenvalue weighted by atomic mass is 10.2. The molecule has 4 rings (SSSR count). The van der Waals surface area contributed by atoms with E-state index < -0.39 is 5.82 Å². The van der Waals surface area contributed by atoms with Crippen molar-refractivity contribution in [1.82, 2.24) is 24.7 Å². The Bertz CT molecular complexity index is 1140. The van der Waals surface area contributed by atoms with Gasteiger partial charge in [-0.15, -0.1) is 0 Å². The molecule has 8 heteroatoms. The lowest BCUT2D eigenvalue weighted by Crippen LogP contribution is -2.05. The lowest BCUT2D eigenvalue weighted by Gasteiger charge is -2.04. The Hall–Kier alpha value is -2.93. The zero-order valence-corrected chi connectivity index (χ0v) is 15.1. The number of halogens is 3. The molecule has 4 aromatic rings. The van der Waals surface area contributed by atoms with Crippen molar-refractivity contribution in [1.29, 1.82) is 0 Å². The average molecular weight is 386 g/mol. The van der Waals surface area contributed by atoms with Crippen LogP contribution in [0.5, 0.6) is 0 Å². The second-order valence-corrected chi connectivity index (χ2v) is 6.37. The molecule has 0 radical (unpaired) electrons. The van der Waals surface area contributed by atoms with Crippen LogP contribution in [-0.4, -0.2) is 24.7 Å². The summed E-state index contributed by atoms with van der Waals surface area (Å²) in [5.74, 6) is -0.576. The highest BCUT2D eigenvalue weighted by Gasteiger charge is 2.18. The van der Waals surface area contributed by atoms with Crippen LogP contribution < -0.4 is 0 Å². The minimum Gasteiger partial charge on any atom is -0.242 e. The summed E-state index contributed by atoms with van der Waals surface area (Å²) in [4.78, 5) is 12.8. The fraction of sp³-hybridized carbons (Fsp3) is 0.158. The number of aromatic nitrogens is 5. The lowest BCUT2D eigenvalue weighted by molar-refractivity contribution is 0.588. The van der Waals surface area contributed by atoms with E-state index in [1.54, 1.807) is 24.3 Å². The molecule has 0 spiro atoms. The van der Waals surface area contributed by atoms with Gasteiger partial charge in [0.2, 0.25) is 0 Å². The van der Waals surface area contributed by atoms with Crippen LogP contribution in [0.25, 0.3) is 22.6 Å². The van der Waals surface area contributed by atoms with Crippen molar-refractivity contribution < 1.29 is 8.78 Å². The van der Waals surface area contributed by atoms with Crippen molar-refractivity contribution in [3.63, 3.8) is 0 Å². The molecule has 0 unspecified atom stereocenters. The number of hydrogen-bond donors (Lipinski definition) is 0. The van der Waals surface area contributed by atoms with E-state index in [9.17, 15) is 8.78 Å². The number of benzene rings is 1. The van der Waals surface area contributed by atoms with E-state index in [0.717, 1.165) is 11.9 Å². The van der Waals surface area contributed by atoms with Crippen LogP contribution in [0.1, 0.15) is 18.2 Å². The largest absolute Gasteiger partial charge is 0.242 e. The third-order valence-corrected chi connectivity index (χ3v) is 4.35. The minimum atomic E-state index is -0.507. The summed E-state index contributed by atoms with van der Waals surface area (Å²) in [5.41, 5.74) is 1.95. The van der Waals surface area contributed by atoms with E-state index in [1.165, 1.54) is 16.8 Å². The van der Waals surface area contributed by atoms with Gasteiger partial charge in [0, 0.05) is 11.3 Å². The molecule has 0 aliphatic heterocycles. The van der Waals surface area contributed by atoms with Gasteiger partial charge in [-0.2, -0.15) is 5.10 Å². The quantitative estimate of drug-likeness (QED) is 0.488. The summed E-state index contributed by atoms with van der Waals surface area (Å²) in [6, 6.07) is 9.39. The number of rotatable bonds is 4. The third-order valence-electron chi connectivity index (χ3n) is 4.15. The Labute approximate surface area is 158 Å². The van der Waals surface area contributed by atoms with Crippen molar-refractivity contribution in [3.05, 3.63) is 70.6 Å². The van der Waals surface area contributed by atoms with E-state index in [2.05, 4.69) is 20.1 Å². The molecule has 0 aliphatic rings. The van der Waals surface area contributed by atoms with Crippen LogP contribution in [0.2, 0.25) is 5.15 Å². The van der Waals surface area contributed by atoms with E-state index in [-0.39, 0.29) is 23.3 Å². The van der Waals surface area contributed by atoms with E-state index in [1.807, 2.05) is 6.92 Å². The molecule has 0 fully saturated rings. The zero-order valence-electron chi connectivity index (χ0n) is 14.3. The van der Waals surface area contributed by atoms with Gasteiger partial charge in [0.25, 0.3) is 0 Å². The molecular formula is C19H14ClF2N5. The summed E-state index contributed by atoms with van der Waals surface area (Å²) >= 11 is 6.09. The molecule has 27 heavy (non-hydrogen) atoms. The topological polar surface area (TPSA) is 56.5 Å². The molecule has 0 aliphatic carbocycles. The molecule has 1 aromatic carbocycles. The summed E-state index contributed by atoms with van der Waals surface area (Å²) in [6.07, 6.45) is 1.76. The van der Waals surface area contributed by atoms with Gasteiger partial charge in [0.15, 0.2) is 11.5 Å². The Morgan fingerprint density at radius 3 is 2.70 bits per heavy atom. The van der Waals surface area contributed by atoms with Crippen molar-refractivity contribution in [2.45, 2.75) is 19.9 Å². The van der Waals surface area contributed by atoms with Gasteiger partial charge in [-0.25, -0.2) is 28.4 Å². The molecule has 0 amide bonds. The number of aryl methyl sites for hydroxylation is 1. The summed E-state index contributed by atoms with van der Waals surface area (Å²) in [5, 5.41) is 5.21. The first-order valence-electron chi connectivity index (χ1n) is 8.34. The number of nitrogens with zero attached hydrogens (tertiary/aromatic N) is 5. The highest BCUT2D eigenvalue weighted by molar-refractivity contribution is 6.29. The molecular weight excluding hydrogens is 372 g/mol. The molecule has 3 aromatic heterocycles. The molecule has 0 N–H and O–H groups in total. The van der Waals surface area contributed by atoms with Crippen LogP contribution in [0.4, 0.5) is 8.78 Å². The summed E-state index contributed by atoms with van der Waals surface area (Å²) in [6.45, 7) is 2.08. The predicted molar refractivity (Wildman–Crippen MR) is 98.4 cm³/mol. The Balaban J connectivity index is 1.90.